The van der Waals surface area contributed by atoms with E-state index in [0.29, 0.717) is 31.1 Å². The summed E-state index contributed by atoms with van der Waals surface area (Å²) >= 11 is 0. The number of aliphatic hydroxyl groups excluding tert-OH is 1. The molecule has 1 N–H and O–H groups in total. The van der Waals surface area contributed by atoms with Crippen molar-refractivity contribution in [1.29, 1.82) is 0 Å². The lowest BCUT2D eigenvalue weighted by atomic mass is 10.1. The molecule has 1 fully saturated rings. The first kappa shape index (κ1) is 14.8. The Labute approximate surface area is 129 Å². The van der Waals surface area contributed by atoms with E-state index in [0.717, 1.165) is 12.8 Å². The van der Waals surface area contributed by atoms with Crippen molar-refractivity contribution >= 4 is 17.5 Å². The highest BCUT2D eigenvalue weighted by Gasteiger charge is 2.27. The number of hydrogen-bond donors (Lipinski definition) is 1. The minimum atomic E-state index is -0.427. The van der Waals surface area contributed by atoms with Crippen molar-refractivity contribution in [3.05, 3.63) is 24.3 Å². The zero-order chi connectivity index (χ0) is 15.5. The molecule has 0 bridgehead atoms. The largest absolute Gasteiger partial charge is 0.482 e. The molecule has 0 spiro atoms. The molecule has 1 saturated heterocycles. The van der Waals surface area contributed by atoms with Gasteiger partial charge in [0.2, 0.25) is 5.91 Å². The van der Waals surface area contributed by atoms with Gasteiger partial charge in [-0.15, -0.1) is 0 Å². The van der Waals surface area contributed by atoms with E-state index in [2.05, 4.69) is 0 Å². The first-order valence-corrected chi connectivity index (χ1v) is 7.63. The van der Waals surface area contributed by atoms with E-state index in [1.165, 1.54) is 0 Å². The van der Waals surface area contributed by atoms with Gasteiger partial charge < -0.3 is 19.6 Å². The molecule has 2 aliphatic heterocycles. The van der Waals surface area contributed by atoms with Gasteiger partial charge in [0.15, 0.2) is 6.61 Å². The predicted octanol–water partition coefficient (Wildman–Crippen LogP) is 0.785. The Kier molecular flexibility index (Phi) is 4.29. The zero-order valence-electron chi connectivity index (χ0n) is 12.4. The van der Waals surface area contributed by atoms with Crippen LogP contribution in [-0.4, -0.2) is 54.2 Å². The smallest absolute Gasteiger partial charge is 0.265 e. The number of carbonyl (C=O) groups excluding carboxylic acids is 2. The minimum Gasteiger partial charge on any atom is -0.482 e. The van der Waals surface area contributed by atoms with Gasteiger partial charge in [-0.25, -0.2) is 0 Å². The third-order valence-corrected chi connectivity index (χ3v) is 4.11. The quantitative estimate of drug-likeness (QED) is 0.896. The lowest BCUT2D eigenvalue weighted by Crippen LogP contribution is -2.45. The first-order chi connectivity index (χ1) is 10.6. The third-order valence-electron chi connectivity index (χ3n) is 4.11. The molecule has 3 rings (SSSR count). The molecule has 0 aliphatic carbocycles. The number of aliphatic hydroxyl groups is 1. The van der Waals surface area contributed by atoms with Gasteiger partial charge in [0.05, 0.1) is 11.8 Å². The molecular formula is C16H20N2O4. The summed E-state index contributed by atoms with van der Waals surface area (Å²) < 4.78 is 5.38. The number of nitrogens with zero attached hydrogens (tertiary/aromatic N) is 2. The number of carbonyl (C=O) groups is 2. The minimum absolute atomic E-state index is 0.00757. The number of ether oxygens (including phenoxy) is 1. The molecule has 1 aromatic rings. The second-order valence-electron chi connectivity index (χ2n) is 5.69. The maximum atomic E-state index is 12.3. The first-order valence-electron chi connectivity index (χ1n) is 7.63. The molecule has 1 aromatic carbocycles. The van der Waals surface area contributed by atoms with Crippen LogP contribution >= 0.6 is 0 Å². The number of para-hydroxylation sites is 2. The van der Waals surface area contributed by atoms with E-state index in [-0.39, 0.29) is 24.8 Å². The van der Waals surface area contributed by atoms with Crippen molar-refractivity contribution in [2.75, 3.05) is 31.1 Å². The number of fused-ring (bicyclic) bond motifs is 1. The fourth-order valence-electron chi connectivity index (χ4n) is 2.95. The molecule has 1 atom stereocenters. The monoisotopic (exact) mass is 304 g/mol. The van der Waals surface area contributed by atoms with Gasteiger partial charge in [0.25, 0.3) is 5.91 Å². The number of rotatable bonds is 3. The summed E-state index contributed by atoms with van der Waals surface area (Å²) in [5.41, 5.74) is 0.713. The van der Waals surface area contributed by atoms with Gasteiger partial charge in [-0.05, 0) is 25.0 Å². The Bertz CT molecular complexity index is 575. The van der Waals surface area contributed by atoms with Crippen LogP contribution in [0.3, 0.4) is 0 Å². The van der Waals surface area contributed by atoms with Crippen molar-refractivity contribution in [3.8, 4) is 5.75 Å². The number of β-amino-alcohol motifs (C(OH)–C–C–N with tert-alkyl or cyclic N) is 1. The number of piperidine rings is 1. The van der Waals surface area contributed by atoms with Crippen molar-refractivity contribution in [1.82, 2.24) is 4.90 Å². The standard InChI is InChI=1S/C16H20N2O4/c19-12-4-3-8-17(10-12)15(20)7-9-18-13-5-1-2-6-14(13)22-11-16(18)21/h1-2,5-6,12,19H,3-4,7-11H2. The molecule has 0 aromatic heterocycles. The van der Waals surface area contributed by atoms with E-state index in [4.69, 9.17) is 4.74 Å². The molecule has 2 heterocycles. The highest BCUT2D eigenvalue weighted by atomic mass is 16.5. The van der Waals surface area contributed by atoms with Crippen molar-refractivity contribution in [2.45, 2.75) is 25.4 Å². The summed E-state index contributed by atoms with van der Waals surface area (Å²) in [6.45, 7) is 1.42. The average Bonchev–Trinajstić information content (AvgIpc) is 2.53. The van der Waals surface area contributed by atoms with Crippen LogP contribution in [0.5, 0.6) is 5.75 Å². The van der Waals surface area contributed by atoms with Crippen LogP contribution in [0.15, 0.2) is 24.3 Å². The molecule has 0 radical (unpaired) electrons. The second kappa shape index (κ2) is 6.36. The molecule has 0 saturated carbocycles. The molecule has 118 valence electrons. The van der Waals surface area contributed by atoms with Crippen LogP contribution in [0.25, 0.3) is 0 Å². The Hall–Kier alpha value is -2.08. The topological polar surface area (TPSA) is 70.1 Å². The maximum absolute atomic E-state index is 12.3. The van der Waals surface area contributed by atoms with E-state index >= 15 is 0 Å². The van der Waals surface area contributed by atoms with Crippen LogP contribution in [0, 0.1) is 0 Å². The van der Waals surface area contributed by atoms with Crippen molar-refractivity contribution in [2.24, 2.45) is 0 Å². The molecule has 6 heteroatoms. The average molecular weight is 304 g/mol. The van der Waals surface area contributed by atoms with Gasteiger partial charge in [-0.3, -0.25) is 9.59 Å². The number of benzene rings is 1. The van der Waals surface area contributed by atoms with Crippen LogP contribution in [0.2, 0.25) is 0 Å². The summed E-state index contributed by atoms with van der Waals surface area (Å²) in [6, 6.07) is 7.34. The highest BCUT2D eigenvalue weighted by Crippen LogP contribution is 2.31. The van der Waals surface area contributed by atoms with Crippen molar-refractivity contribution < 1.29 is 19.4 Å². The van der Waals surface area contributed by atoms with Gasteiger partial charge in [0, 0.05) is 26.1 Å². The maximum Gasteiger partial charge on any atom is 0.265 e. The fraction of sp³-hybridized carbons (Fsp3) is 0.500. The molecular weight excluding hydrogens is 284 g/mol. The van der Waals surface area contributed by atoms with Gasteiger partial charge in [-0.1, -0.05) is 12.1 Å². The van der Waals surface area contributed by atoms with Gasteiger partial charge >= 0.3 is 0 Å². The Morgan fingerprint density at radius 2 is 2.18 bits per heavy atom. The number of anilines is 1. The van der Waals surface area contributed by atoms with Crippen molar-refractivity contribution in [3.63, 3.8) is 0 Å². The zero-order valence-corrected chi connectivity index (χ0v) is 12.4. The Balaban J connectivity index is 1.63. The molecule has 6 nitrogen and oxygen atoms in total. The highest BCUT2D eigenvalue weighted by molar-refractivity contribution is 5.98. The molecule has 1 unspecified atom stereocenters. The molecule has 2 aliphatic rings. The van der Waals surface area contributed by atoms with E-state index in [1.807, 2.05) is 24.3 Å². The summed E-state index contributed by atoms with van der Waals surface area (Å²) in [6.07, 6.45) is 1.40. The van der Waals surface area contributed by atoms with E-state index in [1.54, 1.807) is 9.80 Å². The van der Waals surface area contributed by atoms with Gasteiger partial charge in [0.1, 0.15) is 5.75 Å². The normalized spacial score (nSPS) is 21.3. The van der Waals surface area contributed by atoms with E-state index in [9.17, 15) is 14.7 Å². The summed E-state index contributed by atoms with van der Waals surface area (Å²) in [4.78, 5) is 27.6. The number of amides is 2. The molecule has 22 heavy (non-hydrogen) atoms. The van der Waals surface area contributed by atoms with Crippen LogP contribution in [0.1, 0.15) is 19.3 Å². The summed E-state index contributed by atoms with van der Waals surface area (Å²) in [5, 5.41) is 9.64. The lowest BCUT2D eigenvalue weighted by molar-refractivity contribution is -0.134. The predicted molar refractivity (Wildman–Crippen MR) is 80.7 cm³/mol. The Morgan fingerprint density at radius 1 is 1.36 bits per heavy atom. The van der Waals surface area contributed by atoms with Gasteiger partial charge in [-0.2, -0.15) is 0 Å². The fourth-order valence-corrected chi connectivity index (χ4v) is 2.95. The number of hydrogen-bond acceptors (Lipinski definition) is 4. The Morgan fingerprint density at radius 3 is 3.00 bits per heavy atom. The van der Waals surface area contributed by atoms with E-state index < -0.39 is 6.10 Å². The van der Waals surface area contributed by atoms with Crippen LogP contribution in [-0.2, 0) is 9.59 Å². The third kappa shape index (κ3) is 3.06. The van der Waals surface area contributed by atoms with Crippen LogP contribution in [0.4, 0.5) is 5.69 Å². The van der Waals surface area contributed by atoms with Crippen LogP contribution < -0.4 is 9.64 Å². The number of likely N-dealkylation sites (tertiary alicyclic amines) is 1. The second-order valence-corrected chi connectivity index (χ2v) is 5.69. The summed E-state index contributed by atoms with van der Waals surface area (Å²) in [7, 11) is 0. The summed E-state index contributed by atoms with van der Waals surface area (Å²) in [5.74, 6) is 0.517. The SMILES string of the molecule is O=C(CCN1C(=O)COc2ccccc21)N1CCCC(O)C1. The molecule has 2 amide bonds. The lowest BCUT2D eigenvalue weighted by Gasteiger charge is -2.32.